The predicted molar refractivity (Wildman–Crippen MR) is 131 cm³/mol. The van der Waals surface area contributed by atoms with Crippen LogP contribution in [0.3, 0.4) is 0 Å². The lowest BCUT2D eigenvalue weighted by molar-refractivity contribution is -0.152. The number of nitrogens with one attached hydrogen (secondary N) is 1. The van der Waals surface area contributed by atoms with Gasteiger partial charge in [-0.25, -0.2) is 9.78 Å². The Morgan fingerprint density at radius 1 is 1.09 bits per heavy atom. The summed E-state index contributed by atoms with van der Waals surface area (Å²) in [5.41, 5.74) is 1.22. The number of H-pyrrole nitrogens is 1. The van der Waals surface area contributed by atoms with Crippen molar-refractivity contribution in [2.75, 3.05) is 13.7 Å². The molecule has 0 aliphatic heterocycles. The largest absolute Gasteiger partial charge is 0.497 e. The minimum atomic E-state index is -1.54. The number of carboxylic acids is 1. The third-order valence-corrected chi connectivity index (χ3v) is 5.61. The molecule has 2 aromatic heterocycles. The number of ketones is 1. The number of fused-ring (bicyclic) bond motifs is 1. The van der Waals surface area contributed by atoms with Crippen LogP contribution in [-0.2, 0) is 11.2 Å². The van der Waals surface area contributed by atoms with Gasteiger partial charge in [0.25, 0.3) is 0 Å². The van der Waals surface area contributed by atoms with Crippen LogP contribution < -0.4 is 14.2 Å². The number of hydrogen-bond acceptors (Lipinski definition) is 6. The van der Waals surface area contributed by atoms with Gasteiger partial charge in [0.05, 0.1) is 19.3 Å². The van der Waals surface area contributed by atoms with E-state index in [2.05, 4.69) is 16.0 Å². The van der Waals surface area contributed by atoms with Gasteiger partial charge in [-0.3, -0.25) is 4.79 Å². The summed E-state index contributed by atoms with van der Waals surface area (Å²) in [4.78, 5) is 32.2. The Balaban J connectivity index is 1.46. The summed E-state index contributed by atoms with van der Waals surface area (Å²) in [5, 5.41) is 10.6. The fourth-order valence-electron chi connectivity index (χ4n) is 3.58. The van der Waals surface area contributed by atoms with Crippen LogP contribution in [-0.4, -0.2) is 46.1 Å². The molecule has 0 unspecified atom stereocenters. The maximum absolute atomic E-state index is 13.2. The van der Waals surface area contributed by atoms with Crippen LogP contribution in [0.1, 0.15) is 35.3 Å². The number of rotatable bonds is 10. The molecule has 0 bridgehead atoms. The zero-order valence-corrected chi connectivity index (χ0v) is 19.7. The lowest BCUT2D eigenvalue weighted by Crippen LogP contribution is -2.38. The van der Waals surface area contributed by atoms with Gasteiger partial charge in [-0.15, -0.1) is 0 Å². The smallest absolute Gasteiger partial charge is 0.347 e. The molecular weight excluding hydrogens is 448 g/mol. The average molecular weight is 475 g/mol. The molecule has 180 valence electrons. The van der Waals surface area contributed by atoms with E-state index < -0.39 is 11.6 Å². The Kier molecular flexibility index (Phi) is 6.73. The zero-order valence-electron chi connectivity index (χ0n) is 19.7. The van der Waals surface area contributed by atoms with Crippen molar-refractivity contribution in [3.05, 3.63) is 83.7 Å². The first-order valence-corrected chi connectivity index (χ1v) is 11.1. The third kappa shape index (κ3) is 5.27. The Morgan fingerprint density at radius 2 is 1.89 bits per heavy atom. The molecule has 8 nitrogen and oxygen atoms in total. The Bertz CT molecular complexity index is 1360. The van der Waals surface area contributed by atoms with Crippen molar-refractivity contribution in [3.63, 3.8) is 0 Å². The van der Waals surface area contributed by atoms with Crippen molar-refractivity contribution < 1.29 is 28.9 Å². The highest BCUT2D eigenvalue weighted by Gasteiger charge is 2.31. The molecule has 0 amide bonds. The summed E-state index contributed by atoms with van der Waals surface area (Å²) in [5.74, 6) is -0.563. The Labute approximate surface area is 202 Å². The molecule has 0 radical (unpaired) electrons. The molecule has 0 atom stereocenters. The molecule has 0 aliphatic carbocycles. The number of ether oxygens (including phenoxy) is 3. The fraction of sp³-hybridized carbons (Fsp3) is 0.222. The van der Waals surface area contributed by atoms with E-state index >= 15 is 0 Å². The molecular formula is C27H26N2O6. The van der Waals surface area contributed by atoms with Crippen molar-refractivity contribution in [2.24, 2.45) is 0 Å². The van der Waals surface area contributed by atoms with Gasteiger partial charge in [-0.1, -0.05) is 18.2 Å². The number of methoxy groups -OCH3 is 1. The van der Waals surface area contributed by atoms with Crippen LogP contribution in [0, 0.1) is 0 Å². The topological polar surface area (TPSA) is 111 Å². The average Bonchev–Trinajstić information content (AvgIpc) is 3.27. The van der Waals surface area contributed by atoms with Gasteiger partial charge < -0.3 is 24.3 Å². The molecule has 0 aliphatic rings. The van der Waals surface area contributed by atoms with Crippen molar-refractivity contribution in [3.8, 4) is 17.4 Å². The van der Waals surface area contributed by atoms with Crippen LogP contribution in [0.15, 0.2) is 67.0 Å². The second-order valence-corrected chi connectivity index (χ2v) is 8.45. The van der Waals surface area contributed by atoms with E-state index in [0.717, 1.165) is 16.5 Å². The molecule has 0 saturated carbocycles. The maximum Gasteiger partial charge on any atom is 0.347 e. The first-order chi connectivity index (χ1) is 16.8. The summed E-state index contributed by atoms with van der Waals surface area (Å²) in [6.45, 7) is 3.25. The zero-order chi connectivity index (χ0) is 25.0. The number of aromatic amines is 1. The molecule has 0 spiro atoms. The number of carbonyl (C=O) groups is 2. The number of para-hydroxylation sites is 1. The Morgan fingerprint density at radius 3 is 2.60 bits per heavy atom. The lowest BCUT2D eigenvalue weighted by Gasteiger charge is -2.23. The monoisotopic (exact) mass is 474 g/mol. The molecule has 2 aromatic carbocycles. The number of nitrogens with zero attached hydrogens (tertiary/aromatic N) is 1. The standard InChI is InChI=1S/C27H26N2O6/c1-27(2,26(31)32)35-23-14-19(33-3)9-10-21(23)25(30)18-8-11-24(29-16-18)34-13-12-17-15-28-22-7-5-4-6-20(17)22/h4-11,14-16,28H,12-13H2,1-3H3,(H,31,32). The summed E-state index contributed by atoms with van der Waals surface area (Å²) < 4.78 is 16.7. The van der Waals surface area contributed by atoms with Gasteiger partial charge in [0.15, 0.2) is 11.4 Å². The van der Waals surface area contributed by atoms with Gasteiger partial charge in [0, 0.05) is 47.4 Å². The fourth-order valence-corrected chi connectivity index (χ4v) is 3.58. The normalized spacial score (nSPS) is 11.3. The second kappa shape index (κ2) is 9.89. The van der Waals surface area contributed by atoms with Gasteiger partial charge in [0.2, 0.25) is 5.88 Å². The second-order valence-electron chi connectivity index (χ2n) is 8.45. The number of aromatic nitrogens is 2. The Hall–Kier alpha value is -4.33. The van der Waals surface area contributed by atoms with E-state index in [1.807, 2.05) is 24.4 Å². The summed E-state index contributed by atoms with van der Waals surface area (Å²) >= 11 is 0. The molecule has 4 rings (SSSR count). The van der Waals surface area contributed by atoms with Gasteiger partial charge >= 0.3 is 5.97 Å². The molecule has 4 aromatic rings. The summed E-state index contributed by atoms with van der Waals surface area (Å²) in [7, 11) is 1.48. The van der Waals surface area contributed by atoms with Gasteiger partial charge in [-0.2, -0.15) is 0 Å². The summed E-state index contributed by atoms with van der Waals surface area (Å²) in [6.07, 6.45) is 4.11. The molecule has 2 heterocycles. The minimum absolute atomic E-state index is 0.112. The van der Waals surface area contributed by atoms with E-state index in [1.54, 1.807) is 24.3 Å². The van der Waals surface area contributed by atoms with E-state index in [0.29, 0.717) is 30.2 Å². The SMILES string of the molecule is COc1ccc(C(=O)c2ccc(OCCc3c[nH]c4ccccc34)nc2)c(OC(C)(C)C(=O)O)c1. The third-order valence-electron chi connectivity index (χ3n) is 5.61. The number of aliphatic carboxylic acids is 1. The number of pyridine rings is 1. The molecule has 0 fully saturated rings. The first-order valence-electron chi connectivity index (χ1n) is 11.1. The maximum atomic E-state index is 13.2. The number of carbonyl (C=O) groups excluding carboxylic acids is 1. The van der Waals surface area contributed by atoms with E-state index in [-0.39, 0.29) is 17.1 Å². The number of hydrogen-bond donors (Lipinski definition) is 2. The summed E-state index contributed by atoms with van der Waals surface area (Å²) in [6, 6.07) is 16.0. The molecule has 8 heteroatoms. The highest BCUT2D eigenvalue weighted by molar-refractivity contribution is 6.10. The van der Waals surface area contributed by atoms with Crippen LogP contribution in [0.2, 0.25) is 0 Å². The number of benzene rings is 2. The van der Waals surface area contributed by atoms with Crippen molar-refractivity contribution in [1.82, 2.24) is 9.97 Å². The van der Waals surface area contributed by atoms with Crippen LogP contribution in [0.4, 0.5) is 0 Å². The van der Waals surface area contributed by atoms with Gasteiger partial charge in [0.1, 0.15) is 11.5 Å². The van der Waals surface area contributed by atoms with E-state index in [1.165, 1.54) is 33.2 Å². The first kappa shape index (κ1) is 23.8. The van der Waals surface area contributed by atoms with E-state index in [4.69, 9.17) is 14.2 Å². The highest BCUT2D eigenvalue weighted by atomic mass is 16.5. The highest BCUT2D eigenvalue weighted by Crippen LogP contribution is 2.30. The quantitative estimate of drug-likeness (QED) is 0.322. The lowest BCUT2D eigenvalue weighted by atomic mass is 10.0. The number of carboxylic acid groups (broad SMARTS) is 1. The van der Waals surface area contributed by atoms with E-state index in [9.17, 15) is 14.7 Å². The van der Waals surface area contributed by atoms with Crippen molar-refractivity contribution >= 4 is 22.7 Å². The van der Waals surface area contributed by atoms with Crippen molar-refractivity contribution in [1.29, 1.82) is 0 Å². The molecule has 0 saturated heterocycles. The molecule has 2 N–H and O–H groups in total. The van der Waals surface area contributed by atoms with Crippen molar-refractivity contribution in [2.45, 2.75) is 25.9 Å². The molecule has 35 heavy (non-hydrogen) atoms. The van der Waals surface area contributed by atoms with Crippen LogP contribution >= 0.6 is 0 Å². The minimum Gasteiger partial charge on any atom is -0.497 e. The van der Waals surface area contributed by atoms with Crippen LogP contribution in [0.5, 0.6) is 17.4 Å². The van der Waals surface area contributed by atoms with Gasteiger partial charge in [-0.05, 0) is 43.7 Å². The van der Waals surface area contributed by atoms with Crippen LogP contribution in [0.25, 0.3) is 10.9 Å². The predicted octanol–water partition coefficient (Wildman–Crippen LogP) is 4.67.